The first-order chi connectivity index (χ1) is 16.5. The van der Waals surface area contributed by atoms with E-state index >= 15 is 0 Å². The predicted molar refractivity (Wildman–Crippen MR) is 139 cm³/mol. The molecule has 1 aliphatic carbocycles. The molecule has 2 aromatic heterocycles. The maximum Gasteiger partial charge on any atom is 0.223 e. The molecular formula is C27H34ClN5O. The van der Waals surface area contributed by atoms with Crippen molar-refractivity contribution in [2.75, 3.05) is 25.0 Å². The van der Waals surface area contributed by atoms with Crippen molar-refractivity contribution in [1.82, 2.24) is 19.9 Å². The fourth-order valence-corrected chi connectivity index (χ4v) is 5.87. The number of para-hydroxylation sites is 1. The number of rotatable bonds is 7. The summed E-state index contributed by atoms with van der Waals surface area (Å²) in [5.41, 5.74) is 2.22. The largest absolute Gasteiger partial charge is 0.390 e. The summed E-state index contributed by atoms with van der Waals surface area (Å²) in [6, 6.07) is 8.39. The van der Waals surface area contributed by atoms with Crippen molar-refractivity contribution < 1.29 is 5.11 Å². The molecular weight excluding hydrogens is 446 g/mol. The Balaban J connectivity index is 1.19. The molecule has 180 valence electrons. The fourth-order valence-electron chi connectivity index (χ4n) is 5.67. The van der Waals surface area contributed by atoms with Crippen LogP contribution >= 0.6 is 11.6 Å². The van der Waals surface area contributed by atoms with Gasteiger partial charge in [-0.3, -0.25) is 4.90 Å². The van der Waals surface area contributed by atoms with Crippen LogP contribution in [0, 0.1) is 5.92 Å². The van der Waals surface area contributed by atoms with Crippen molar-refractivity contribution in [3.05, 3.63) is 54.3 Å². The van der Waals surface area contributed by atoms with Gasteiger partial charge in [-0.15, -0.1) is 6.58 Å². The SMILES string of the molecule is C=CCN1CCC(CC2(O)CCC(Nc3ncc(Cl)c(-c4c[nH]c5ccccc45)n3)CC2)CC1. The Morgan fingerprint density at radius 1 is 1.21 bits per heavy atom. The predicted octanol–water partition coefficient (Wildman–Crippen LogP) is 5.65. The van der Waals surface area contributed by atoms with Crippen LogP contribution in [0.2, 0.25) is 5.02 Å². The minimum absolute atomic E-state index is 0.256. The molecule has 0 radical (unpaired) electrons. The summed E-state index contributed by atoms with van der Waals surface area (Å²) in [6.45, 7) is 7.05. The molecule has 2 aliphatic rings. The van der Waals surface area contributed by atoms with Crippen molar-refractivity contribution in [2.45, 2.75) is 56.6 Å². The number of aromatic amines is 1. The van der Waals surface area contributed by atoms with Crippen LogP contribution in [0.1, 0.15) is 44.9 Å². The molecule has 3 aromatic rings. The van der Waals surface area contributed by atoms with Crippen molar-refractivity contribution in [3.63, 3.8) is 0 Å². The number of benzene rings is 1. The number of fused-ring (bicyclic) bond motifs is 1. The number of hydrogen-bond donors (Lipinski definition) is 3. The topological polar surface area (TPSA) is 77.1 Å². The second-order valence-corrected chi connectivity index (χ2v) is 10.4. The van der Waals surface area contributed by atoms with Crippen LogP contribution in [0.3, 0.4) is 0 Å². The highest BCUT2D eigenvalue weighted by Gasteiger charge is 2.36. The zero-order valence-electron chi connectivity index (χ0n) is 19.6. The summed E-state index contributed by atoms with van der Waals surface area (Å²) in [7, 11) is 0. The van der Waals surface area contributed by atoms with E-state index in [9.17, 15) is 5.11 Å². The number of H-pyrrole nitrogens is 1. The zero-order valence-corrected chi connectivity index (χ0v) is 20.4. The summed E-state index contributed by atoms with van der Waals surface area (Å²) < 4.78 is 0. The van der Waals surface area contributed by atoms with E-state index in [0.29, 0.717) is 16.9 Å². The normalized spacial score (nSPS) is 24.4. The standard InChI is InChI=1S/C27H34ClN5O/c1-2-13-33-14-9-19(10-15-33)16-27(34)11-7-20(8-12-27)31-26-30-18-23(28)25(32-26)22-17-29-24-6-4-3-5-21(22)24/h2-6,17-20,29,34H,1,7-16H2,(H,30,31,32). The Morgan fingerprint density at radius 3 is 2.74 bits per heavy atom. The molecule has 0 atom stereocenters. The Bertz CT molecular complexity index is 1130. The Hall–Kier alpha value is -2.41. The number of piperidine rings is 1. The van der Waals surface area contributed by atoms with Gasteiger partial charge in [-0.25, -0.2) is 9.97 Å². The molecule has 0 spiro atoms. The summed E-state index contributed by atoms with van der Waals surface area (Å²) in [5, 5.41) is 16.4. The van der Waals surface area contributed by atoms with Crippen LogP contribution < -0.4 is 5.32 Å². The van der Waals surface area contributed by atoms with Gasteiger partial charge in [0.15, 0.2) is 0 Å². The first-order valence-corrected chi connectivity index (χ1v) is 12.8. The molecule has 7 heteroatoms. The van der Waals surface area contributed by atoms with E-state index in [2.05, 4.69) is 32.8 Å². The quantitative estimate of drug-likeness (QED) is 0.381. The Labute approximate surface area is 206 Å². The number of nitrogens with one attached hydrogen (secondary N) is 2. The smallest absolute Gasteiger partial charge is 0.223 e. The van der Waals surface area contributed by atoms with Gasteiger partial charge in [-0.2, -0.15) is 0 Å². The van der Waals surface area contributed by atoms with Gasteiger partial charge in [0.25, 0.3) is 0 Å². The minimum atomic E-state index is -0.542. The molecule has 5 rings (SSSR count). The lowest BCUT2D eigenvalue weighted by atomic mass is 9.75. The van der Waals surface area contributed by atoms with Gasteiger partial charge >= 0.3 is 0 Å². The molecule has 6 nitrogen and oxygen atoms in total. The van der Waals surface area contributed by atoms with E-state index in [1.54, 1.807) is 6.20 Å². The molecule has 3 N–H and O–H groups in total. The second-order valence-electron chi connectivity index (χ2n) is 10.0. The van der Waals surface area contributed by atoms with Crippen LogP contribution in [-0.4, -0.2) is 56.2 Å². The van der Waals surface area contributed by atoms with Crippen molar-refractivity contribution in [3.8, 4) is 11.3 Å². The van der Waals surface area contributed by atoms with Gasteiger partial charge in [0.2, 0.25) is 5.95 Å². The monoisotopic (exact) mass is 479 g/mol. The van der Waals surface area contributed by atoms with Crippen molar-refractivity contribution in [1.29, 1.82) is 0 Å². The lowest BCUT2D eigenvalue weighted by Gasteiger charge is -2.40. The van der Waals surface area contributed by atoms with Gasteiger partial charge in [0.05, 0.1) is 22.5 Å². The fraction of sp³-hybridized carbons (Fsp3) is 0.481. The number of nitrogens with zero attached hydrogens (tertiary/aromatic N) is 3. The highest BCUT2D eigenvalue weighted by atomic mass is 35.5. The Kier molecular flexibility index (Phi) is 6.91. The van der Waals surface area contributed by atoms with E-state index in [0.717, 1.165) is 73.9 Å². The third kappa shape index (κ3) is 5.14. The lowest BCUT2D eigenvalue weighted by Crippen LogP contribution is -2.42. The average molecular weight is 480 g/mol. The molecule has 1 aromatic carbocycles. The summed E-state index contributed by atoms with van der Waals surface area (Å²) in [5.74, 6) is 1.21. The van der Waals surface area contributed by atoms with Gasteiger partial charge in [0.1, 0.15) is 0 Å². The number of hydrogen-bond acceptors (Lipinski definition) is 5. The minimum Gasteiger partial charge on any atom is -0.390 e. The van der Waals surface area contributed by atoms with Crippen LogP contribution in [-0.2, 0) is 0 Å². The van der Waals surface area contributed by atoms with Crippen LogP contribution in [0.5, 0.6) is 0 Å². The van der Waals surface area contributed by atoms with Gasteiger partial charge in [-0.05, 0) is 70.0 Å². The van der Waals surface area contributed by atoms with Gasteiger partial charge < -0.3 is 15.4 Å². The third-order valence-electron chi connectivity index (χ3n) is 7.60. The summed E-state index contributed by atoms with van der Waals surface area (Å²) in [6.07, 6.45) is 12.3. The molecule has 34 heavy (non-hydrogen) atoms. The Morgan fingerprint density at radius 2 is 1.97 bits per heavy atom. The highest BCUT2D eigenvalue weighted by Crippen LogP contribution is 2.38. The van der Waals surface area contributed by atoms with Crippen LogP contribution in [0.4, 0.5) is 5.95 Å². The number of aromatic nitrogens is 3. The molecule has 0 unspecified atom stereocenters. The molecule has 1 saturated heterocycles. The van der Waals surface area contributed by atoms with Crippen molar-refractivity contribution >= 4 is 28.5 Å². The van der Waals surface area contributed by atoms with Crippen LogP contribution in [0.25, 0.3) is 22.2 Å². The lowest BCUT2D eigenvalue weighted by molar-refractivity contribution is -0.0270. The molecule has 0 bridgehead atoms. The van der Waals surface area contributed by atoms with E-state index in [-0.39, 0.29) is 6.04 Å². The average Bonchev–Trinajstić information content (AvgIpc) is 3.27. The summed E-state index contributed by atoms with van der Waals surface area (Å²) >= 11 is 6.48. The molecule has 2 fully saturated rings. The van der Waals surface area contributed by atoms with E-state index in [4.69, 9.17) is 16.6 Å². The van der Waals surface area contributed by atoms with Crippen molar-refractivity contribution in [2.24, 2.45) is 5.92 Å². The van der Waals surface area contributed by atoms with Gasteiger partial charge in [-0.1, -0.05) is 35.9 Å². The second kappa shape index (κ2) is 10.1. The maximum atomic E-state index is 11.3. The highest BCUT2D eigenvalue weighted by molar-refractivity contribution is 6.33. The molecule has 1 aliphatic heterocycles. The molecule has 1 saturated carbocycles. The number of aliphatic hydroxyl groups is 1. The first kappa shape index (κ1) is 23.3. The molecule has 0 amide bonds. The summed E-state index contributed by atoms with van der Waals surface area (Å²) in [4.78, 5) is 14.9. The van der Waals surface area contributed by atoms with Crippen LogP contribution in [0.15, 0.2) is 49.3 Å². The maximum absolute atomic E-state index is 11.3. The van der Waals surface area contributed by atoms with E-state index in [1.807, 2.05) is 30.5 Å². The number of anilines is 1. The van der Waals surface area contributed by atoms with Gasteiger partial charge in [0, 0.05) is 35.2 Å². The first-order valence-electron chi connectivity index (χ1n) is 12.4. The van der Waals surface area contributed by atoms with E-state index < -0.39 is 5.60 Å². The number of likely N-dealkylation sites (tertiary alicyclic amines) is 1. The van der Waals surface area contributed by atoms with E-state index in [1.165, 1.54) is 12.8 Å². The third-order valence-corrected chi connectivity index (χ3v) is 7.88. The molecule has 3 heterocycles. The number of halogens is 1. The zero-order chi connectivity index (χ0) is 23.5.